The highest BCUT2D eigenvalue weighted by atomic mass is 16.6. The van der Waals surface area contributed by atoms with Crippen LogP contribution in [-0.2, 0) is 19.1 Å². The first kappa shape index (κ1) is 11.7. The highest BCUT2D eigenvalue weighted by molar-refractivity contribution is 5.94. The third-order valence-electron chi connectivity index (χ3n) is 2.19. The molecular weight excluding hydrogens is 200 g/mol. The molecule has 1 aliphatic heterocycles. The van der Waals surface area contributed by atoms with E-state index in [0.29, 0.717) is 13.0 Å². The Morgan fingerprint density at radius 3 is 2.67 bits per heavy atom. The molecule has 1 aliphatic rings. The standard InChI is InChI=1S/C10H14O5/c1-3-8(9(11)12)6(2)10(13)15-5-7-4-14-7/h7-8H,2-5H2,1H3,(H,11,12). The fraction of sp³-hybridized carbons (Fsp3) is 0.600. The Labute approximate surface area is 87.7 Å². The van der Waals surface area contributed by atoms with Crippen LogP contribution in [-0.4, -0.2) is 36.4 Å². The van der Waals surface area contributed by atoms with Crippen molar-refractivity contribution in [3.63, 3.8) is 0 Å². The molecule has 0 bridgehead atoms. The molecule has 1 rings (SSSR count). The summed E-state index contributed by atoms with van der Waals surface area (Å²) in [5.74, 6) is -2.57. The molecule has 15 heavy (non-hydrogen) atoms. The fourth-order valence-electron chi connectivity index (χ4n) is 1.14. The summed E-state index contributed by atoms with van der Waals surface area (Å²) in [5, 5.41) is 8.79. The fourth-order valence-corrected chi connectivity index (χ4v) is 1.14. The Hall–Kier alpha value is -1.36. The van der Waals surface area contributed by atoms with Crippen LogP contribution in [0.15, 0.2) is 12.2 Å². The maximum absolute atomic E-state index is 11.3. The summed E-state index contributed by atoms with van der Waals surface area (Å²) in [6, 6.07) is 0. The molecule has 0 aromatic heterocycles. The largest absolute Gasteiger partial charge is 0.481 e. The van der Waals surface area contributed by atoms with Crippen LogP contribution in [0.1, 0.15) is 13.3 Å². The molecule has 0 spiro atoms. The van der Waals surface area contributed by atoms with Crippen molar-refractivity contribution in [2.45, 2.75) is 19.4 Å². The van der Waals surface area contributed by atoms with Gasteiger partial charge in [0.25, 0.3) is 0 Å². The molecule has 1 saturated heterocycles. The number of epoxide rings is 1. The van der Waals surface area contributed by atoms with Crippen molar-refractivity contribution in [1.82, 2.24) is 0 Å². The van der Waals surface area contributed by atoms with E-state index in [9.17, 15) is 9.59 Å². The van der Waals surface area contributed by atoms with Gasteiger partial charge in [0.05, 0.1) is 12.5 Å². The summed E-state index contributed by atoms with van der Waals surface area (Å²) >= 11 is 0. The zero-order valence-corrected chi connectivity index (χ0v) is 8.56. The highest BCUT2D eigenvalue weighted by Gasteiger charge is 2.28. The van der Waals surface area contributed by atoms with E-state index in [1.54, 1.807) is 6.92 Å². The van der Waals surface area contributed by atoms with E-state index in [-0.39, 0.29) is 18.3 Å². The van der Waals surface area contributed by atoms with Crippen molar-refractivity contribution in [2.75, 3.05) is 13.2 Å². The molecule has 2 atom stereocenters. The number of hydrogen-bond donors (Lipinski definition) is 1. The molecule has 0 amide bonds. The van der Waals surface area contributed by atoms with Crippen LogP contribution in [0, 0.1) is 5.92 Å². The second kappa shape index (κ2) is 4.93. The van der Waals surface area contributed by atoms with Gasteiger partial charge in [-0.15, -0.1) is 0 Å². The van der Waals surface area contributed by atoms with E-state index in [4.69, 9.17) is 14.6 Å². The van der Waals surface area contributed by atoms with Gasteiger partial charge in [-0.2, -0.15) is 0 Å². The minimum atomic E-state index is -1.05. The Morgan fingerprint density at radius 1 is 1.67 bits per heavy atom. The van der Waals surface area contributed by atoms with Gasteiger partial charge in [-0.05, 0) is 6.42 Å². The average molecular weight is 214 g/mol. The summed E-state index contributed by atoms with van der Waals surface area (Å²) in [6.07, 6.45) is 0.301. The molecule has 1 heterocycles. The predicted octanol–water partition coefficient (Wildman–Crippen LogP) is 0.595. The number of carbonyl (C=O) groups is 2. The van der Waals surface area contributed by atoms with Gasteiger partial charge in [0.2, 0.25) is 0 Å². The number of ether oxygens (including phenoxy) is 2. The topological polar surface area (TPSA) is 76.1 Å². The number of carboxylic acids is 1. The number of hydrogen-bond acceptors (Lipinski definition) is 4. The van der Waals surface area contributed by atoms with E-state index >= 15 is 0 Å². The summed E-state index contributed by atoms with van der Waals surface area (Å²) in [4.78, 5) is 22.1. The van der Waals surface area contributed by atoms with Gasteiger partial charge in [0, 0.05) is 5.57 Å². The normalized spacial score (nSPS) is 20.5. The van der Waals surface area contributed by atoms with Gasteiger partial charge in [-0.1, -0.05) is 13.5 Å². The number of rotatable bonds is 6. The smallest absolute Gasteiger partial charge is 0.334 e. The second-order valence-electron chi connectivity index (χ2n) is 3.38. The lowest BCUT2D eigenvalue weighted by atomic mass is 9.98. The predicted molar refractivity (Wildman–Crippen MR) is 51.3 cm³/mol. The molecule has 1 fully saturated rings. The summed E-state index contributed by atoms with van der Waals surface area (Å²) in [6.45, 7) is 5.90. The third kappa shape index (κ3) is 3.36. The summed E-state index contributed by atoms with van der Waals surface area (Å²) in [7, 11) is 0. The maximum atomic E-state index is 11.3. The van der Waals surface area contributed by atoms with Gasteiger partial charge in [0.15, 0.2) is 0 Å². The molecule has 0 radical (unpaired) electrons. The molecule has 0 aromatic carbocycles. The molecule has 84 valence electrons. The van der Waals surface area contributed by atoms with Crippen LogP contribution < -0.4 is 0 Å². The van der Waals surface area contributed by atoms with Crippen LogP contribution in [0.4, 0.5) is 0 Å². The molecular formula is C10H14O5. The van der Waals surface area contributed by atoms with Crippen molar-refractivity contribution in [1.29, 1.82) is 0 Å². The third-order valence-corrected chi connectivity index (χ3v) is 2.19. The van der Waals surface area contributed by atoms with E-state index in [1.807, 2.05) is 0 Å². The van der Waals surface area contributed by atoms with Crippen molar-refractivity contribution >= 4 is 11.9 Å². The molecule has 5 heteroatoms. The van der Waals surface area contributed by atoms with Gasteiger partial charge in [-0.3, -0.25) is 4.79 Å². The Balaban J connectivity index is 2.41. The lowest BCUT2D eigenvalue weighted by Gasteiger charge is -2.11. The van der Waals surface area contributed by atoms with Crippen LogP contribution in [0.25, 0.3) is 0 Å². The summed E-state index contributed by atoms with van der Waals surface area (Å²) in [5.41, 5.74) is -0.00866. The lowest BCUT2D eigenvalue weighted by Crippen LogP contribution is -2.22. The van der Waals surface area contributed by atoms with Gasteiger partial charge < -0.3 is 14.6 Å². The number of carboxylic acid groups (broad SMARTS) is 1. The highest BCUT2D eigenvalue weighted by Crippen LogP contribution is 2.16. The van der Waals surface area contributed by atoms with E-state index in [0.717, 1.165) is 0 Å². The molecule has 0 saturated carbocycles. The monoisotopic (exact) mass is 214 g/mol. The zero-order valence-electron chi connectivity index (χ0n) is 8.56. The quantitative estimate of drug-likeness (QED) is 0.398. The Morgan fingerprint density at radius 2 is 2.27 bits per heavy atom. The average Bonchev–Trinajstić information content (AvgIpc) is 2.97. The minimum Gasteiger partial charge on any atom is -0.481 e. The van der Waals surface area contributed by atoms with Crippen molar-refractivity contribution < 1.29 is 24.2 Å². The van der Waals surface area contributed by atoms with Crippen LogP contribution in [0.3, 0.4) is 0 Å². The van der Waals surface area contributed by atoms with Crippen molar-refractivity contribution in [3.8, 4) is 0 Å². The Kier molecular flexibility index (Phi) is 3.85. The number of esters is 1. The Bertz CT molecular complexity index is 280. The van der Waals surface area contributed by atoms with Gasteiger partial charge in [-0.25, -0.2) is 4.79 Å². The van der Waals surface area contributed by atoms with Gasteiger partial charge >= 0.3 is 11.9 Å². The van der Waals surface area contributed by atoms with E-state index in [2.05, 4.69) is 6.58 Å². The van der Waals surface area contributed by atoms with E-state index < -0.39 is 17.9 Å². The first-order valence-corrected chi connectivity index (χ1v) is 4.76. The minimum absolute atomic E-state index is 0.00866. The van der Waals surface area contributed by atoms with Gasteiger partial charge in [0.1, 0.15) is 12.7 Å². The molecule has 0 aromatic rings. The molecule has 2 unspecified atom stereocenters. The van der Waals surface area contributed by atoms with Crippen LogP contribution >= 0.6 is 0 Å². The SMILES string of the molecule is C=C(C(=O)OCC1CO1)C(CC)C(=O)O. The summed E-state index contributed by atoms with van der Waals surface area (Å²) < 4.78 is 9.68. The maximum Gasteiger partial charge on any atom is 0.334 e. The lowest BCUT2D eigenvalue weighted by molar-refractivity contribution is -0.146. The molecule has 0 aliphatic carbocycles. The van der Waals surface area contributed by atoms with E-state index in [1.165, 1.54) is 0 Å². The zero-order chi connectivity index (χ0) is 11.4. The molecule has 5 nitrogen and oxygen atoms in total. The van der Waals surface area contributed by atoms with Crippen LogP contribution in [0.5, 0.6) is 0 Å². The van der Waals surface area contributed by atoms with Crippen molar-refractivity contribution in [2.24, 2.45) is 5.92 Å². The first-order valence-electron chi connectivity index (χ1n) is 4.76. The first-order chi connectivity index (χ1) is 7.06. The second-order valence-corrected chi connectivity index (χ2v) is 3.38. The molecule has 1 N–H and O–H groups in total. The number of aliphatic carboxylic acids is 1. The number of carbonyl (C=O) groups excluding carboxylic acids is 1. The van der Waals surface area contributed by atoms with Crippen LogP contribution in [0.2, 0.25) is 0 Å². The van der Waals surface area contributed by atoms with Crippen molar-refractivity contribution in [3.05, 3.63) is 12.2 Å².